The van der Waals surface area contributed by atoms with Crippen LogP contribution in [0, 0.1) is 10.1 Å². The molecule has 8 nitrogen and oxygen atoms in total. The Morgan fingerprint density at radius 2 is 2.11 bits per heavy atom. The normalized spacial score (nSPS) is 11.7. The number of halogens is 1. The summed E-state index contributed by atoms with van der Waals surface area (Å²) in [5.74, 6) is -1.71. The van der Waals surface area contributed by atoms with Gasteiger partial charge in [-0.3, -0.25) is 19.7 Å². The van der Waals surface area contributed by atoms with E-state index in [9.17, 15) is 19.7 Å². The average molecular weight is 288 g/mol. The van der Waals surface area contributed by atoms with Gasteiger partial charge >= 0.3 is 0 Å². The first kappa shape index (κ1) is 14.9. The molecule has 0 saturated heterocycles. The molecule has 0 aliphatic carbocycles. The molecule has 0 spiro atoms. The van der Waals surface area contributed by atoms with Gasteiger partial charge in [0.15, 0.2) is 0 Å². The molecule has 1 rings (SSSR count). The van der Waals surface area contributed by atoms with Crippen LogP contribution in [0.2, 0.25) is 5.02 Å². The summed E-state index contributed by atoms with van der Waals surface area (Å²) in [6, 6.07) is 3.34. The first-order valence-corrected chi connectivity index (χ1v) is 5.39. The van der Waals surface area contributed by atoms with Crippen LogP contribution in [0.5, 0.6) is 0 Å². The number of hydrogen-bond donors (Lipinski definition) is 3. The van der Waals surface area contributed by atoms with Gasteiger partial charge in [-0.05, 0) is 6.07 Å². The van der Waals surface area contributed by atoms with Gasteiger partial charge in [-0.1, -0.05) is 11.6 Å². The van der Waals surface area contributed by atoms with Crippen LogP contribution in [0.15, 0.2) is 18.2 Å². The fourth-order valence-corrected chi connectivity index (χ4v) is 1.43. The second-order valence-electron chi connectivity index (χ2n) is 3.58. The third-order valence-corrected chi connectivity index (χ3v) is 2.36. The van der Waals surface area contributed by atoms with Gasteiger partial charge in [-0.25, -0.2) is 0 Å². The summed E-state index contributed by atoms with van der Waals surface area (Å²) < 4.78 is 0. The first-order valence-electron chi connectivity index (χ1n) is 5.02. The number of carbonyl (C=O) groups is 2. The molecule has 1 aromatic carbocycles. The summed E-state index contributed by atoms with van der Waals surface area (Å²) in [5, 5.41) is 21.9. The number of aliphatic hydroxyl groups is 1. The van der Waals surface area contributed by atoms with Crippen molar-refractivity contribution in [2.75, 3.05) is 6.54 Å². The minimum atomic E-state index is -1.53. The summed E-state index contributed by atoms with van der Waals surface area (Å²) in [5.41, 5.74) is 4.40. The number of benzene rings is 1. The average Bonchev–Trinajstić information content (AvgIpc) is 2.34. The van der Waals surface area contributed by atoms with Crippen molar-refractivity contribution in [2.45, 2.75) is 6.10 Å². The predicted molar refractivity (Wildman–Crippen MR) is 65.6 cm³/mol. The lowest BCUT2D eigenvalue weighted by molar-refractivity contribution is -0.384. The van der Waals surface area contributed by atoms with E-state index in [0.717, 1.165) is 12.1 Å². The number of nitro benzene ring substituents is 1. The second-order valence-corrected chi connectivity index (χ2v) is 4.02. The van der Waals surface area contributed by atoms with Crippen LogP contribution in [0.25, 0.3) is 0 Å². The van der Waals surface area contributed by atoms with E-state index in [4.69, 9.17) is 22.4 Å². The number of nitrogens with one attached hydrogen (secondary N) is 1. The molecule has 0 fully saturated rings. The molecule has 0 heterocycles. The van der Waals surface area contributed by atoms with E-state index in [0.29, 0.717) is 0 Å². The van der Waals surface area contributed by atoms with Crippen LogP contribution in [0.1, 0.15) is 10.4 Å². The number of nitro groups is 1. The smallest absolute Gasteiger partial charge is 0.271 e. The van der Waals surface area contributed by atoms with E-state index in [1.807, 2.05) is 0 Å². The maximum atomic E-state index is 11.6. The lowest BCUT2D eigenvalue weighted by Crippen LogP contribution is -2.39. The Hall–Kier alpha value is -2.19. The van der Waals surface area contributed by atoms with Gasteiger partial charge in [0.1, 0.15) is 6.10 Å². The topological polar surface area (TPSA) is 136 Å². The zero-order chi connectivity index (χ0) is 14.6. The van der Waals surface area contributed by atoms with Crippen molar-refractivity contribution in [2.24, 2.45) is 5.73 Å². The summed E-state index contributed by atoms with van der Waals surface area (Å²) in [4.78, 5) is 32.1. The molecule has 4 N–H and O–H groups in total. The standard InChI is InChI=1S/C10H10ClN3O5/c11-6-1-5(2-7(3-6)14(18)19)10(17)13-4-8(15)9(12)16/h1-3,8,15H,4H2,(H2,12,16)(H,13,17). The highest BCUT2D eigenvalue weighted by Crippen LogP contribution is 2.20. The number of amides is 2. The highest BCUT2D eigenvalue weighted by molar-refractivity contribution is 6.31. The predicted octanol–water partition coefficient (Wildman–Crippen LogP) is -0.176. The van der Waals surface area contributed by atoms with Gasteiger partial charge in [0.25, 0.3) is 11.6 Å². The molecule has 1 aromatic rings. The van der Waals surface area contributed by atoms with Crippen LogP contribution in [-0.2, 0) is 4.79 Å². The van der Waals surface area contributed by atoms with Crippen LogP contribution >= 0.6 is 11.6 Å². The maximum absolute atomic E-state index is 11.6. The molecule has 1 atom stereocenters. The molecule has 0 bridgehead atoms. The molecule has 0 aliphatic rings. The zero-order valence-corrected chi connectivity index (χ0v) is 10.3. The van der Waals surface area contributed by atoms with Crippen LogP contribution in [0.4, 0.5) is 5.69 Å². The Balaban J connectivity index is 2.82. The van der Waals surface area contributed by atoms with Crippen molar-refractivity contribution in [3.63, 3.8) is 0 Å². The SMILES string of the molecule is NC(=O)C(O)CNC(=O)c1cc(Cl)cc([N+](=O)[O-])c1. The minimum Gasteiger partial charge on any atom is -0.381 e. The second kappa shape index (κ2) is 6.12. The maximum Gasteiger partial charge on any atom is 0.271 e. The zero-order valence-electron chi connectivity index (χ0n) is 9.50. The van der Waals surface area contributed by atoms with Crippen LogP contribution < -0.4 is 11.1 Å². The summed E-state index contributed by atoms with van der Waals surface area (Å²) >= 11 is 5.64. The number of carbonyl (C=O) groups excluding carboxylic acids is 2. The van der Waals surface area contributed by atoms with Gasteiger partial charge in [-0.2, -0.15) is 0 Å². The highest BCUT2D eigenvalue weighted by atomic mass is 35.5. The number of nitrogens with two attached hydrogens (primary N) is 1. The van der Waals surface area contributed by atoms with Crippen molar-refractivity contribution in [1.29, 1.82) is 0 Å². The van der Waals surface area contributed by atoms with Crippen molar-refractivity contribution in [3.8, 4) is 0 Å². The molecule has 1 unspecified atom stereocenters. The van der Waals surface area contributed by atoms with E-state index >= 15 is 0 Å². The quantitative estimate of drug-likeness (QED) is 0.510. The van der Waals surface area contributed by atoms with Crippen molar-refractivity contribution in [1.82, 2.24) is 5.32 Å². The number of hydrogen-bond acceptors (Lipinski definition) is 5. The van der Waals surface area contributed by atoms with Crippen LogP contribution in [0.3, 0.4) is 0 Å². The lowest BCUT2D eigenvalue weighted by atomic mass is 10.2. The fraction of sp³-hybridized carbons (Fsp3) is 0.200. The largest absolute Gasteiger partial charge is 0.381 e. The summed E-state index contributed by atoms with van der Waals surface area (Å²) in [6.45, 7) is -0.394. The van der Waals surface area contributed by atoms with E-state index in [1.54, 1.807) is 0 Å². The molecule has 0 saturated carbocycles. The molecule has 0 aliphatic heterocycles. The number of nitrogens with zero attached hydrogens (tertiary/aromatic N) is 1. The Labute approximate surface area is 112 Å². The molecule has 0 aromatic heterocycles. The highest BCUT2D eigenvalue weighted by Gasteiger charge is 2.16. The Morgan fingerprint density at radius 3 is 2.63 bits per heavy atom. The van der Waals surface area contributed by atoms with Gasteiger partial charge < -0.3 is 16.2 Å². The van der Waals surface area contributed by atoms with E-state index in [-0.39, 0.29) is 16.3 Å². The van der Waals surface area contributed by atoms with Gasteiger partial charge in [0.05, 0.1) is 11.5 Å². The molecule has 19 heavy (non-hydrogen) atoms. The molecule has 102 valence electrons. The van der Waals surface area contributed by atoms with E-state index < -0.39 is 29.4 Å². The number of primary amides is 1. The van der Waals surface area contributed by atoms with Crippen molar-refractivity contribution < 1.29 is 19.6 Å². The van der Waals surface area contributed by atoms with Crippen LogP contribution in [-0.4, -0.2) is 34.5 Å². The molecular weight excluding hydrogens is 278 g/mol. The van der Waals surface area contributed by atoms with Crippen molar-refractivity contribution >= 4 is 29.1 Å². The summed E-state index contributed by atoms with van der Waals surface area (Å²) in [6.07, 6.45) is -1.53. The Kier molecular flexibility index (Phi) is 4.79. The van der Waals surface area contributed by atoms with E-state index in [1.165, 1.54) is 6.07 Å². The number of rotatable bonds is 5. The van der Waals surface area contributed by atoms with Gasteiger partial charge in [0, 0.05) is 22.7 Å². The van der Waals surface area contributed by atoms with Gasteiger partial charge in [0.2, 0.25) is 5.91 Å². The lowest BCUT2D eigenvalue weighted by Gasteiger charge is -2.08. The molecule has 0 radical (unpaired) electrons. The fourth-order valence-electron chi connectivity index (χ4n) is 1.20. The number of aliphatic hydroxyl groups excluding tert-OH is 1. The third-order valence-electron chi connectivity index (χ3n) is 2.14. The van der Waals surface area contributed by atoms with Gasteiger partial charge in [-0.15, -0.1) is 0 Å². The monoisotopic (exact) mass is 287 g/mol. The molecular formula is C10H10ClN3O5. The third kappa shape index (κ3) is 4.19. The molecule has 2 amide bonds. The number of non-ortho nitro benzene ring substituents is 1. The molecule has 9 heteroatoms. The van der Waals surface area contributed by atoms with Crippen molar-refractivity contribution in [3.05, 3.63) is 38.9 Å². The van der Waals surface area contributed by atoms with E-state index in [2.05, 4.69) is 5.32 Å². The Bertz CT molecular complexity index is 534. The first-order chi connectivity index (χ1) is 8.81. The summed E-state index contributed by atoms with van der Waals surface area (Å²) in [7, 11) is 0. The minimum absolute atomic E-state index is 0.0230. The Morgan fingerprint density at radius 1 is 1.47 bits per heavy atom.